The molecular weight excluding hydrogens is 220 g/mol. The molecule has 2 N–H and O–H groups in total. The average Bonchev–Trinajstić information content (AvgIpc) is 2.38. The van der Waals surface area contributed by atoms with Crippen LogP contribution in [-0.4, -0.2) is 30.6 Å². The zero-order valence-electron chi connectivity index (χ0n) is 13.0. The first-order valence-electron chi connectivity index (χ1n) is 7.95. The highest BCUT2D eigenvalue weighted by Gasteiger charge is 2.36. The highest BCUT2D eigenvalue weighted by atomic mass is 15.2. The summed E-state index contributed by atoms with van der Waals surface area (Å²) >= 11 is 0. The smallest absolute Gasteiger partial charge is 0.0328 e. The van der Waals surface area contributed by atoms with E-state index in [0.717, 1.165) is 18.4 Å². The Morgan fingerprint density at radius 3 is 2.33 bits per heavy atom. The molecule has 108 valence electrons. The molecule has 0 aromatic heterocycles. The van der Waals surface area contributed by atoms with E-state index < -0.39 is 0 Å². The van der Waals surface area contributed by atoms with Crippen molar-refractivity contribution in [1.29, 1.82) is 0 Å². The maximum atomic E-state index is 6.12. The maximum absolute atomic E-state index is 6.12. The molecule has 0 spiro atoms. The molecule has 1 fully saturated rings. The van der Waals surface area contributed by atoms with Gasteiger partial charge in [-0.3, -0.25) is 4.90 Å². The molecular formula is C16H34N2. The summed E-state index contributed by atoms with van der Waals surface area (Å²) in [5, 5.41) is 0. The molecule has 1 saturated carbocycles. The summed E-state index contributed by atoms with van der Waals surface area (Å²) in [6.45, 7) is 9.00. The Kier molecular flexibility index (Phi) is 6.65. The van der Waals surface area contributed by atoms with E-state index in [1.165, 1.54) is 51.5 Å². The quantitative estimate of drug-likeness (QED) is 0.751. The Bertz CT molecular complexity index is 217. The van der Waals surface area contributed by atoms with Crippen LogP contribution in [0.4, 0.5) is 0 Å². The lowest BCUT2D eigenvalue weighted by Gasteiger charge is -2.46. The molecule has 0 atom stereocenters. The van der Waals surface area contributed by atoms with E-state index in [4.69, 9.17) is 5.73 Å². The van der Waals surface area contributed by atoms with Crippen molar-refractivity contribution < 1.29 is 0 Å². The van der Waals surface area contributed by atoms with Gasteiger partial charge >= 0.3 is 0 Å². The first kappa shape index (κ1) is 16.0. The fourth-order valence-electron chi connectivity index (χ4n) is 3.34. The van der Waals surface area contributed by atoms with E-state index in [-0.39, 0.29) is 0 Å². The highest BCUT2D eigenvalue weighted by molar-refractivity contribution is 4.94. The third-order valence-electron chi connectivity index (χ3n) is 5.08. The number of hydrogen-bond acceptors (Lipinski definition) is 2. The minimum atomic E-state index is 0.308. The predicted octanol–water partition coefficient (Wildman–Crippen LogP) is 3.65. The monoisotopic (exact) mass is 254 g/mol. The fraction of sp³-hybridized carbons (Fsp3) is 1.00. The first-order chi connectivity index (χ1) is 8.54. The molecule has 1 aliphatic rings. The van der Waals surface area contributed by atoms with Crippen molar-refractivity contribution in [3.63, 3.8) is 0 Å². The number of likely N-dealkylation sites (N-methyl/N-ethyl adjacent to an activating group) is 1. The highest BCUT2D eigenvalue weighted by Crippen LogP contribution is 2.36. The van der Waals surface area contributed by atoms with Crippen LogP contribution in [0, 0.1) is 11.8 Å². The Morgan fingerprint density at radius 1 is 1.28 bits per heavy atom. The lowest BCUT2D eigenvalue weighted by molar-refractivity contribution is 0.0620. The van der Waals surface area contributed by atoms with Crippen LogP contribution in [0.15, 0.2) is 0 Å². The molecule has 0 aromatic rings. The van der Waals surface area contributed by atoms with Gasteiger partial charge in [0.1, 0.15) is 0 Å². The molecule has 0 radical (unpaired) electrons. The van der Waals surface area contributed by atoms with Gasteiger partial charge in [0.05, 0.1) is 0 Å². The zero-order valence-corrected chi connectivity index (χ0v) is 13.0. The topological polar surface area (TPSA) is 29.3 Å². The van der Waals surface area contributed by atoms with Crippen LogP contribution in [-0.2, 0) is 0 Å². The van der Waals surface area contributed by atoms with Crippen LogP contribution < -0.4 is 5.73 Å². The van der Waals surface area contributed by atoms with Crippen molar-refractivity contribution in [3.8, 4) is 0 Å². The molecule has 0 bridgehead atoms. The summed E-state index contributed by atoms with van der Waals surface area (Å²) in [6, 6.07) is 0. The standard InChI is InChI=1S/C16H34N2/c1-5-15-8-10-16(13-17,11-9-15)18(4)12-6-7-14(2)3/h14-15H,5-13,17H2,1-4H3. The molecule has 0 heterocycles. The molecule has 2 heteroatoms. The summed E-state index contributed by atoms with van der Waals surface area (Å²) in [5.41, 5.74) is 6.42. The van der Waals surface area contributed by atoms with E-state index in [9.17, 15) is 0 Å². The van der Waals surface area contributed by atoms with Crippen molar-refractivity contribution in [3.05, 3.63) is 0 Å². The maximum Gasteiger partial charge on any atom is 0.0328 e. The van der Waals surface area contributed by atoms with Crippen molar-refractivity contribution in [2.45, 2.75) is 71.3 Å². The second kappa shape index (κ2) is 7.49. The summed E-state index contributed by atoms with van der Waals surface area (Å²) in [5.74, 6) is 1.77. The lowest BCUT2D eigenvalue weighted by atomic mass is 9.74. The number of hydrogen-bond donors (Lipinski definition) is 1. The number of rotatable bonds is 7. The van der Waals surface area contributed by atoms with Crippen LogP contribution >= 0.6 is 0 Å². The van der Waals surface area contributed by atoms with Gasteiger partial charge in [-0.15, -0.1) is 0 Å². The normalized spacial score (nSPS) is 29.2. The Balaban J connectivity index is 2.44. The van der Waals surface area contributed by atoms with Gasteiger partial charge in [0.15, 0.2) is 0 Å². The minimum absolute atomic E-state index is 0.308. The molecule has 2 nitrogen and oxygen atoms in total. The largest absolute Gasteiger partial charge is 0.329 e. The van der Waals surface area contributed by atoms with Gasteiger partial charge in [0.25, 0.3) is 0 Å². The van der Waals surface area contributed by atoms with Gasteiger partial charge < -0.3 is 5.73 Å². The first-order valence-corrected chi connectivity index (χ1v) is 7.95. The van der Waals surface area contributed by atoms with Crippen LogP contribution in [0.25, 0.3) is 0 Å². The fourth-order valence-corrected chi connectivity index (χ4v) is 3.34. The van der Waals surface area contributed by atoms with E-state index in [0.29, 0.717) is 5.54 Å². The predicted molar refractivity (Wildman–Crippen MR) is 80.7 cm³/mol. The SMILES string of the molecule is CCC1CCC(CN)(N(C)CCCC(C)C)CC1. The van der Waals surface area contributed by atoms with Crippen LogP contribution in [0.2, 0.25) is 0 Å². The van der Waals surface area contributed by atoms with Gasteiger partial charge in [-0.05, 0) is 64.0 Å². The zero-order chi connectivity index (χ0) is 13.6. The minimum Gasteiger partial charge on any atom is -0.329 e. The van der Waals surface area contributed by atoms with Gasteiger partial charge in [-0.1, -0.05) is 27.2 Å². The number of nitrogens with two attached hydrogens (primary N) is 1. The second-order valence-electron chi connectivity index (χ2n) is 6.74. The Hall–Kier alpha value is -0.0800. The Labute approximate surface area is 114 Å². The lowest BCUT2D eigenvalue weighted by Crippen LogP contribution is -2.54. The summed E-state index contributed by atoms with van der Waals surface area (Å²) in [4.78, 5) is 2.57. The molecule has 0 unspecified atom stereocenters. The van der Waals surface area contributed by atoms with Gasteiger partial charge in [0.2, 0.25) is 0 Å². The molecule has 0 aliphatic heterocycles. The van der Waals surface area contributed by atoms with E-state index in [1.807, 2.05) is 0 Å². The van der Waals surface area contributed by atoms with E-state index in [1.54, 1.807) is 0 Å². The number of nitrogens with zero attached hydrogens (tertiary/aromatic N) is 1. The van der Waals surface area contributed by atoms with Gasteiger partial charge in [-0.2, -0.15) is 0 Å². The molecule has 0 aromatic carbocycles. The van der Waals surface area contributed by atoms with Gasteiger partial charge in [0, 0.05) is 12.1 Å². The van der Waals surface area contributed by atoms with Crippen LogP contribution in [0.1, 0.15) is 65.7 Å². The van der Waals surface area contributed by atoms with Crippen molar-refractivity contribution in [2.24, 2.45) is 17.6 Å². The molecule has 1 rings (SSSR count). The van der Waals surface area contributed by atoms with Crippen molar-refractivity contribution in [1.82, 2.24) is 4.90 Å². The average molecular weight is 254 g/mol. The molecule has 0 amide bonds. The van der Waals surface area contributed by atoms with Gasteiger partial charge in [-0.25, -0.2) is 0 Å². The second-order valence-corrected chi connectivity index (χ2v) is 6.74. The Morgan fingerprint density at radius 2 is 1.89 bits per heavy atom. The molecule has 0 saturated heterocycles. The molecule has 1 aliphatic carbocycles. The summed E-state index contributed by atoms with van der Waals surface area (Å²) in [6.07, 6.45) is 9.36. The third kappa shape index (κ3) is 4.24. The van der Waals surface area contributed by atoms with Crippen LogP contribution in [0.5, 0.6) is 0 Å². The van der Waals surface area contributed by atoms with E-state index in [2.05, 4.69) is 32.7 Å². The van der Waals surface area contributed by atoms with Crippen molar-refractivity contribution in [2.75, 3.05) is 20.1 Å². The van der Waals surface area contributed by atoms with Crippen LogP contribution in [0.3, 0.4) is 0 Å². The third-order valence-corrected chi connectivity index (χ3v) is 5.08. The van der Waals surface area contributed by atoms with Crippen molar-refractivity contribution >= 4 is 0 Å². The van der Waals surface area contributed by atoms with E-state index >= 15 is 0 Å². The molecule has 18 heavy (non-hydrogen) atoms. The summed E-state index contributed by atoms with van der Waals surface area (Å²) < 4.78 is 0. The summed E-state index contributed by atoms with van der Waals surface area (Å²) in [7, 11) is 2.29.